The summed E-state index contributed by atoms with van der Waals surface area (Å²) in [7, 11) is 1.31. The first-order chi connectivity index (χ1) is 5.41. The first-order valence-electron chi connectivity index (χ1n) is 2.98. The van der Waals surface area contributed by atoms with E-state index in [0.29, 0.717) is 5.56 Å². The van der Waals surface area contributed by atoms with Crippen LogP contribution in [0, 0.1) is 6.92 Å². The topological polar surface area (TPSA) is 47.0 Å². The highest BCUT2D eigenvalue weighted by atomic mass is 35.7. The minimum absolute atomic E-state index is 0.101. The molecule has 0 fully saturated rings. The number of hydrogen-bond acceptors (Lipinski definition) is 3. The van der Waals surface area contributed by atoms with Crippen molar-refractivity contribution < 1.29 is 8.42 Å². The highest BCUT2D eigenvalue weighted by molar-refractivity contribution is 8.13. The van der Waals surface area contributed by atoms with Crippen LogP contribution in [0.5, 0.6) is 0 Å². The summed E-state index contributed by atoms with van der Waals surface area (Å²) >= 11 is 5.51. The highest BCUT2D eigenvalue weighted by Crippen LogP contribution is 2.22. The minimum Gasteiger partial charge on any atom is -0.243 e. The second-order valence-electron chi connectivity index (χ2n) is 2.24. The lowest BCUT2D eigenvalue weighted by atomic mass is 10.3. The zero-order chi connectivity index (χ0) is 9.35. The lowest BCUT2D eigenvalue weighted by Gasteiger charge is -1.99. The van der Waals surface area contributed by atoms with Crippen molar-refractivity contribution in [1.82, 2.24) is 4.98 Å². The van der Waals surface area contributed by atoms with Gasteiger partial charge < -0.3 is 0 Å². The van der Waals surface area contributed by atoms with Gasteiger partial charge in [-0.05, 0) is 18.6 Å². The molecule has 0 N–H and O–H groups in total. The van der Waals surface area contributed by atoms with E-state index < -0.39 is 9.05 Å². The molecule has 6 heteroatoms. The number of halogens is 2. The van der Waals surface area contributed by atoms with Crippen molar-refractivity contribution in [2.45, 2.75) is 11.8 Å². The van der Waals surface area contributed by atoms with Gasteiger partial charge in [0.05, 0.1) is 0 Å². The predicted octanol–water partition coefficient (Wildman–Crippen LogP) is 1.97. The molecule has 0 amide bonds. The lowest BCUT2D eigenvalue weighted by Crippen LogP contribution is -1.94. The number of nitrogens with zero attached hydrogens (tertiary/aromatic N) is 1. The van der Waals surface area contributed by atoms with Crippen LogP contribution in [-0.2, 0) is 9.05 Å². The van der Waals surface area contributed by atoms with Crippen molar-refractivity contribution in [3.8, 4) is 0 Å². The summed E-state index contributed by atoms with van der Waals surface area (Å²) in [4.78, 5) is 3.50. The van der Waals surface area contributed by atoms with Gasteiger partial charge in [-0.2, -0.15) is 0 Å². The van der Waals surface area contributed by atoms with Crippen molar-refractivity contribution in [2.24, 2.45) is 0 Å². The fraction of sp³-hybridized carbons (Fsp3) is 0.167. The molecule has 12 heavy (non-hydrogen) atoms. The summed E-state index contributed by atoms with van der Waals surface area (Å²) < 4.78 is 21.7. The van der Waals surface area contributed by atoms with Crippen LogP contribution in [-0.4, -0.2) is 13.4 Å². The average molecular weight is 226 g/mol. The third-order valence-electron chi connectivity index (χ3n) is 1.21. The zero-order valence-corrected chi connectivity index (χ0v) is 8.41. The molecule has 0 aliphatic heterocycles. The minimum atomic E-state index is -3.78. The monoisotopic (exact) mass is 225 g/mol. The summed E-state index contributed by atoms with van der Waals surface area (Å²) in [5.41, 5.74) is 0.693. The maximum absolute atomic E-state index is 10.8. The van der Waals surface area contributed by atoms with E-state index in [-0.39, 0.29) is 10.0 Å². The molecule has 0 saturated carbocycles. The smallest absolute Gasteiger partial charge is 0.243 e. The Morgan fingerprint density at radius 2 is 2.08 bits per heavy atom. The first kappa shape index (κ1) is 9.77. The number of aryl methyl sites for hydroxylation is 1. The molecule has 0 aromatic carbocycles. The molecule has 0 unspecified atom stereocenters. The van der Waals surface area contributed by atoms with Crippen LogP contribution < -0.4 is 0 Å². The maximum atomic E-state index is 10.8. The van der Waals surface area contributed by atoms with E-state index in [1.165, 1.54) is 12.3 Å². The Hall–Kier alpha value is -0.320. The Morgan fingerprint density at radius 3 is 2.50 bits per heavy atom. The van der Waals surface area contributed by atoms with Crippen LogP contribution in [0.15, 0.2) is 17.2 Å². The van der Waals surface area contributed by atoms with E-state index in [9.17, 15) is 8.42 Å². The molecule has 1 heterocycles. The fourth-order valence-corrected chi connectivity index (χ4v) is 2.16. The summed E-state index contributed by atoms with van der Waals surface area (Å²) in [6.07, 6.45) is 1.47. The molecular weight excluding hydrogens is 221 g/mol. The van der Waals surface area contributed by atoms with E-state index in [1.54, 1.807) is 6.92 Å². The zero-order valence-electron chi connectivity index (χ0n) is 6.08. The number of aromatic nitrogens is 1. The third kappa shape index (κ3) is 2.09. The number of rotatable bonds is 1. The lowest BCUT2D eigenvalue weighted by molar-refractivity contribution is 0.609. The maximum Gasteiger partial charge on any atom is 0.264 e. The van der Waals surface area contributed by atoms with E-state index in [1.807, 2.05) is 0 Å². The molecule has 3 nitrogen and oxygen atoms in total. The molecule has 0 atom stereocenters. The molecular formula is C6H5Cl2NO2S. The average Bonchev–Trinajstić information content (AvgIpc) is 1.92. The molecule has 0 bridgehead atoms. The van der Waals surface area contributed by atoms with Gasteiger partial charge in [-0.1, -0.05) is 11.6 Å². The second-order valence-corrected chi connectivity index (χ2v) is 5.13. The van der Waals surface area contributed by atoms with Gasteiger partial charge in [0.15, 0.2) is 0 Å². The molecule has 0 radical (unpaired) electrons. The molecule has 0 spiro atoms. The van der Waals surface area contributed by atoms with Crippen LogP contribution in [0.2, 0.25) is 5.15 Å². The van der Waals surface area contributed by atoms with Crippen LogP contribution in [0.1, 0.15) is 5.56 Å². The number of pyridine rings is 1. The summed E-state index contributed by atoms with van der Waals surface area (Å²) in [6, 6.07) is 1.37. The Labute approximate surface area is 79.8 Å². The Bertz CT molecular complexity index is 402. The summed E-state index contributed by atoms with van der Waals surface area (Å²) in [5, 5.41) is -0.101. The number of hydrogen-bond donors (Lipinski definition) is 0. The Kier molecular flexibility index (Phi) is 2.61. The Morgan fingerprint density at radius 1 is 1.50 bits per heavy atom. The van der Waals surface area contributed by atoms with E-state index in [2.05, 4.69) is 4.98 Å². The van der Waals surface area contributed by atoms with Crippen molar-refractivity contribution in [2.75, 3.05) is 0 Å². The predicted molar refractivity (Wildman–Crippen MR) is 47.0 cm³/mol. The third-order valence-corrected chi connectivity index (χ3v) is 2.95. The van der Waals surface area contributed by atoms with Crippen molar-refractivity contribution in [3.05, 3.63) is 23.0 Å². The fourth-order valence-electron chi connectivity index (χ4n) is 0.697. The van der Waals surface area contributed by atoms with E-state index in [0.717, 1.165) is 0 Å². The van der Waals surface area contributed by atoms with E-state index >= 15 is 0 Å². The van der Waals surface area contributed by atoms with Gasteiger partial charge in [-0.25, -0.2) is 13.4 Å². The molecule has 1 rings (SSSR count). The Balaban J connectivity index is 3.43. The largest absolute Gasteiger partial charge is 0.264 e. The quantitative estimate of drug-likeness (QED) is 0.543. The molecule has 0 saturated heterocycles. The van der Waals surface area contributed by atoms with Gasteiger partial charge in [-0.3, -0.25) is 0 Å². The van der Waals surface area contributed by atoms with Crippen molar-refractivity contribution >= 4 is 31.3 Å². The van der Waals surface area contributed by atoms with Crippen LogP contribution in [0.3, 0.4) is 0 Å². The molecule has 66 valence electrons. The van der Waals surface area contributed by atoms with Gasteiger partial charge >= 0.3 is 0 Å². The van der Waals surface area contributed by atoms with Crippen LogP contribution >= 0.6 is 22.3 Å². The molecule has 0 aliphatic carbocycles. The SMILES string of the molecule is Cc1cnc(Cl)c(S(=O)(=O)Cl)c1. The normalized spacial score (nSPS) is 11.6. The van der Waals surface area contributed by atoms with Crippen molar-refractivity contribution in [1.29, 1.82) is 0 Å². The van der Waals surface area contributed by atoms with Gasteiger partial charge in [0, 0.05) is 16.9 Å². The first-order valence-corrected chi connectivity index (χ1v) is 5.67. The summed E-state index contributed by atoms with van der Waals surface area (Å²) in [6.45, 7) is 1.70. The van der Waals surface area contributed by atoms with E-state index in [4.69, 9.17) is 22.3 Å². The molecule has 1 aromatic heterocycles. The molecule has 0 aliphatic rings. The second kappa shape index (κ2) is 3.20. The van der Waals surface area contributed by atoms with Gasteiger partial charge in [0.25, 0.3) is 9.05 Å². The van der Waals surface area contributed by atoms with Gasteiger partial charge in [0.2, 0.25) is 0 Å². The van der Waals surface area contributed by atoms with Crippen LogP contribution in [0.25, 0.3) is 0 Å². The van der Waals surface area contributed by atoms with Crippen molar-refractivity contribution in [3.63, 3.8) is 0 Å². The molecule has 1 aromatic rings. The van der Waals surface area contributed by atoms with Gasteiger partial charge in [-0.15, -0.1) is 0 Å². The van der Waals surface area contributed by atoms with Gasteiger partial charge in [0.1, 0.15) is 10.0 Å². The standard InChI is InChI=1S/C6H5Cl2NO2S/c1-4-2-5(12(8,10)11)6(7)9-3-4/h2-3H,1H3. The summed E-state index contributed by atoms with van der Waals surface area (Å²) in [5.74, 6) is 0. The van der Waals surface area contributed by atoms with Crippen LogP contribution in [0.4, 0.5) is 0 Å². The highest BCUT2D eigenvalue weighted by Gasteiger charge is 2.15.